The quantitative estimate of drug-likeness (QED) is 0.659. The molecule has 0 radical (unpaired) electrons. The maximum absolute atomic E-state index is 9.92. The van der Waals surface area contributed by atoms with E-state index in [4.69, 9.17) is 5.73 Å². The number of aliphatic hydroxyl groups excluding tert-OH is 1. The van der Waals surface area contributed by atoms with E-state index in [9.17, 15) is 5.11 Å². The van der Waals surface area contributed by atoms with Gasteiger partial charge in [-0.15, -0.1) is 0 Å². The summed E-state index contributed by atoms with van der Waals surface area (Å²) in [4.78, 5) is 3.94. The Morgan fingerprint density at radius 2 is 2.11 bits per heavy atom. The summed E-state index contributed by atoms with van der Waals surface area (Å²) in [5.41, 5.74) is 6.44. The number of anilines is 1. The van der Waals surface area contributed by atoms with Crippen LogP contribution in [-0.4, -0.2) is 27.7 Å². The van der Waals surface area contributed by atoms with Crippen LogP contribution in [0, 0.1) is 0 Å². The molecule has 0 spiro atoms. The lowest BCUT2D eigenvalue weighted by Crippen LogP contribution is -2.25. The molecule has 1 atom stereocenters. The van der Waals surface area contributed by atoms with E-state index in [1.54, 1.807) is 12.5 Å². The van der Waals surface area contributed by atoms with E-state index in [2.05, 4.69) is 10.3 Å². The Hall–Kier alpha value is -1.85. The molecule has 1 heterocycles. The van der Waals surface area contributed by atoms with Gasteiger partial charge in [0, 0.05) is 25.8 Å². The first-order valence-electron chi connectivity index (χ1n) is 5.96. The van der Waals surface area contributed by atoms with Gasteiger partial charge in [0.2, 0.25) is 0 Å². The van der Waals surface area contributed by atoms with E-state index in [0.717, 1.165) is 18.7 Å². The number of aromatic nitrogens is 2. The highest BCUT2D eigenvalue weighted by Gasteiger charge is 2.05. The molecule has 0 fully saturated rings. The standard InChI is InChI=1S/C13H18N4O/c14-13-9-17(10-16-13)7-6-15-8-12(18)11-4-2-1-3-5-11/h1-5,9-10,12,15,18H,6-8,14H2. The second-order valence-corrected chi connectivity index (χ2v) is 4.17. The molecule has 0 saturated heterocycles. The Morgan fingerprint density at radius 3 is 2.78 bits per heavy atom. The third-order valence-electron chi connectivity index (χ3n) is 2.72. The molecule has 0 saturated carbocycles. The predicted molar refractivity (Wildman–Crippen MR) is 70.9 cm³/mol. The molecule has 0 aliphatic carbocycles. The van der Waals surface area contributed by atoms with Gasteiger partial charge in [0.1, 0.15) is 5.82 Å². The van der Waals surface area contributed by atoms with Crippen LogP contribution >= 0.6 is 0 Å². The third-order valence-corrected chi connectivity index (χ3v) is 2.72. The second-order valence-electron chi connectivity index (χ2n) is 4.17. The van der Waals surface area contributed by atoms with Crippen molar-refractivity contribution in [3.63, 3.8) is 0 Å². The molecule has 0 amide bonds. The zero-order chi connectivity index (χ0) is 12.8. The Labute approximate surface area is 106 Å². The molecule has 4 N–H and O–H groups in total. The van der Waals surface area contributed by atoms with Crippen molar-refractivity contribution in [2.45, 2.75) is 12.6 Å². The Morgan fingerprint density at radius 1 is 1.33 bits per heavy atom. The number of nitrogens with two attached hydrogens (primary N) is 1. The Balaban J connectivity index is 1.69. The minimum atomic E-state index is -0.473. The lowest BCUT2D eigenvalue weighted by atomic mass is 10.1. The fourth-order valence-corrected chi connectivity index (χ4v) is 1.74. The highest BCUT2D eigenvalue weighted by molar-refractivity contribution is 5.22. The normalized spacial score (nSPS) is 12.5. The fraction of sp³-hybridized carbons (Fsp3) is 0.308. The van der Waals surface area contributed by atoms with Crippen LogP contribution in [0.2, 0.25) is 0 Å². The second kappa shape index (κ2) is 6.18. The number of hydrogen-bond donors (Lipinski definition) is 3. The zero-order valence-corrected chi connectivity index (χ0v) is 10.2. The summed E-state index contributed by atoms with van der Waals surface area (Å²) in [5, 5.41) is 13.1. The maximum atomic E-state index is 9.92. The summed E-state index contributed by atoms with van der Waals surface area (Å²) >= 11 is 0. The molecule has 18 heavy (non-hydrogen) atoms. The van der Waals surface area contributed by atoms with E-state index in [0.29, 0.717) is 12.4 Å². The summed E-state index contributed by atoms with van der Waals surface area (Å²) < 4.78 is 1.91. The van der Waals surface area contributed by atoms with Crippen LogP contribution in [0.1, 0.15) is 11.7 Å². The number of nitrogens with one attached hydrogen (secondary N) is 1. The van der Waals surface area contributed by atoms with Crippen LogP contribution in [0.15, 0.2) is 42.9 Å². The van der Waals surface area contributed by atoms with Crippen molar-refractivity contribution in [2.24, 2.45) is 0 Å². The highest BCUT2D eigenvalue weighted by atomic mass is 16.3. The Bertz CT molecular complexity index is 469. The summed E-state index contributed by atoms with van der Waals surface area (Å²) in [5.74, 6) is 0.527. The van der Waals surface area contributed by atoms with Gasteiger partial charge >= 0.3 is 0 Å². The highest BCUT2D eigenvalue weighted by Crippen LogP contribution is 2.10. The Kier molecular flexibility index (Phi) is 4.33. The minimum absolute atomic E-state index is 0.473. The van der Waals surface area contributed by atoms with Crippen molar-refractivity contribution < 1.29 is 5.11 Å². The van der Waals surface area contributed by atoms with Gasteiger partial charge in [-0.05, 0) is 5.56 Å². The average Bonchev–Trinajstić information content (AvgIpc) is 2.81. The maximum Gasteiger partial charge on any atom is 0.141 e. The van der Waals surface area contributed by atoms with Crippen LogP contribution < -0.4 is 11.1 Å². The van der Waals surface area contributed by atoms with Crippen LogP contribution in [0.3, 0.4) is 0 Å². The van der Waals surface area contributed by atoms with Gasteiger partial charge in [-0.25, -0.2) is 4.98 Å². The molecule has 0 aliphatic heterocycles. The molecule has 2 aromatic rings. The summed E-state index contributed by atoms with van der Waals surface area (Å²) in [6, 6.07) is 9.62. The molecule has 2 rings (SSSR count). The van der Waals surface area contributed by atoms with Gasteiger partial charge in [0.15, 0.2) is 0 Å². The van der Waals surface area contributed by atoms with Crippen LogP contribution in [0.25, 0.3) is 0 Å². The third kappa shape index (κ3) is 3.58. The van der Waals surface area contributed by atoms with Crippen molar-refractivity contribution in [3.05, 3.63) is 48.4 Å². The molecule has 5 heteroatoms. The minimum Gasteiger partial charge on any atom is -0.387 e. The molecule has 1 aromatic carbocycles. The van der Waals surface area contributed by atoms with Gasteiger partial charge in [0.05, 0.1) is 12.4 Å². The lowest BCUT2D eigenvalue weighted by molar-refractivity contribution is 0.174. The van der Waals surface area contributed by atoms with Gasteiger partial charge in [0.25, 0.3) is 0 Å². The first-order chi connectivity index (χ1) is 8.75. The van der Waals surface area contributed by atoms with E-state index in [1.165, 1.54) is 0 Å². The van der Waals surface area contributed by atoms with Crippen molar-refractivity contribution >= 4 is 5.82 Å². The number of nitrogens with zero attached hydrogens (tertiary/aromatic N) is 2. The molecule has 5 nitrogen and oxygen atoms in total. The first-order valence-corrected chi connectivity index (χ1v) is 5.96. The van der Waals surface area contributed by atoms with Crippen molar-refractivity contribution in [3.8, 4) is 0 Å². The number of nitrogen functional groups attached to an aromatic ring is 1. The van der Waals surface area contributed by atoms with E-state index in [1.807, 2.05) is 34.9 Å². The number of rotatable bonds is 6. The zero-order valence-electron chi connectivity index (χ0n) is 10.2. The SMILES string of the molecule is Nc1cn(CCNCC(O)c2ccccc2)cn1. The van der Waals surface area contributed by atoms with Gasteiger partial charge in [-0.3, -0.25) is 0 Å². The molecule has 0 aliphatic rings. The largest absolute Gasteiger partial charge is 0.387 e. The number of imidazole rings is 1. The molecular formula is C13H18N4O. The first kappa shape index (κ1) is 12.6. The summed E-state index contributed by atoms with van der Waals surface area (Å²) in [7, 11) is 0. The van der Waals surface area contributed by atoms with Crippen LogP contribution in [0.5, 0.6) is 0 Å². The van der Waals surface area contributed by atoms with Crippen molar-refractivity contribution in [2.75, 3.05) is 18.8 Å². The van der Waals surface area contributed by atoms with Crippen LogP contribution in [-0.2, 0) is 6.54 Å². The summed E-state index contributed by atoms with van der Waals surface area (Å²) in [6.45, 7) is 2.08. The molecule has 0 bridgehead atoms. The molecular weight excluding hydrogens is 228 g/mol. The van der Waals surface area contributed by atoms with Gasteiger partial charge in [-0.1, -0.05) is 30.3 Å². The van der Waals surface area contributed by atoms with Crippen molar-refractivity contribution in [1.82, 2.24) is 14.9 Å². The van der Waals surface area contributed by atoms with Gasteiger partial charge in [-0.2, -0.15) is 0 Å². The van der Waals surface area contributed by atoms with Crippen molar-refractivity contribution in [1.29, 1.82) is 0 Å². The number of aliphatic hydroxyl groups is 1. The summed E-state index contributed by atoms with van der Waals surface area (Å²) in [6.07, 6.45) is 3.01. The van der Waals surface area contributed by atoms with E-state index < -0.39 is 6.10 Å². The smallest absolute Gasteiger partial charge is 0.141 e. The number of benzene rings is 1. The van der Waals surface area contributed by atoms with E-state index >= 15 is 0 Å². The molecule has 1 unspecified atom stereocenters. The monoisotopic (exact) mass is 246 g/mol. The van der Waals surface area contributed by atoms with Crippen LogP contribution in [0.4, 0.5) is 5.82 Å². The fourth-order valence-electron chi connectivity index (χ4n) is 1.74. The van der Waals surface area contributed by atoms with E-state index in [-0.39, 0.29) is 0 Å². The topological polar surface area (TPSA) is 76.1 Å². The molecule has 96 valence electrons. The predicted octanol–water partition coefficient (Wildman–Crippen LogP) is 0.788. The molecule has 1 aromatic heterocycles. The lowest BCUT2D eigenvalue weighted by Gasteiger charge is -2.12. The van der Waals surface area contributed by atoms with Gasteiger partial charge < -0.3 is 20.7 Å². The number of hydrogen-bond acceptors (Lipinski definition) is 4. The average molecular weight is 246 g/mol.